The van der Waals surface area contributed by atoms with Gasteiger partial charge in [-0.1, -0.05) is 45.2 Å². The van der Waals surface area contributed by atoms with Crippen LogP contribution in [-0.2, 0) is 13.1 Å². The van der Waals surface area contributed by atoms with Crippen LogP contribution in [0.15, 0.2) is 42.6 Å². The highest BCUT2D eigenvalue weighted by Gasteiger charge is 2.21. The van der Waals surface area contributed by atoms with Gasteiger partial charge in [-0.25, -0.2) is 4.39 Å². The average molecular weight is 387 g/mol. The predicted octanol–water partition coefficient (Wildman–Crippen LogP) is 5.07. The first-order valence-electron chi connectivity index (χ1n) is 10.8. The van der Waals surface area contributed by atoms with Gasteiger partial charge in [-0.15, -0.1) is 0 Å². The Morgan fingerprint density at radius 1 is 1.11 bits per heavy atom. The van der Waals surface area contributed by atoms with Crippen LogP contribution in [0.5, 0.6) is 0 Å². The van der Waals surface area contributed by atoms with Gasteiger partial charge in [0.05, 0.1) is 6.10 Å². The van der Waals surface area contributed by atoms with Crippen LogP contribution < -0.4 is 0 Å². The van der Waals surface area contributed by atoms with Crippen molar-refractivity contribution in [2.45, 2.75) is 65.1 Å². The molecule has 1 fully saturated rings. The zero-order valence-corrected chi connectivity index (χ0v) is 17.4. The van der Waals surface area contributed by atoms with Crippen LogP contribution in [0.1, 0.15) is 57.2 Å². The van der Waals surface area contributed by atoms with Crippen molar-refractivity contribution < 1.29 is 9.50 Å². The van der Waals surface area contributed by atoms with Crippen LogP contribution in [0.25, 0.3) is 0 Å². The normalized spacial score (nSPS) is 16.8. The number of aliphatic hydroxyl groups excluding tert-OH is 1. The zero-order valence-electron chi connectivity index (χ0n) is 17.4. The topological polar surface area (TPSA) is 28.4 Å². The Morgan fingerprint density at radius 2 is 1.82 bits per heavy atom. The summed E-state index contributed by atoms with van der Waals surface area (Å²) in [5.41, 5.74) is 2.34. The highest BCUT2D eigenvalue weighted by molar-refractivity contribution is 5.18. The summed E-state index contributed by atoms with van der Waals surface area (Å²) in [6.45, 7) is 7.53. The molecule has 1 unspecified atom stereocenters. The summed E-state index contributed by atoms with van der Waals surface area (Å²) in [5, 5.41) is 10.5. The minimum Gasteiger partial charge on any atom is -0.392 e. The third-order valence-electron chi connectivity index (χ3n) is 6.03. The number of nitrogens with zero attached hydrogens (tertiary/aromatic N) is 2. The number of hydrogen-bond donors (Lipinski definition) is 1. The molecule has 0 radical (unpaired) electrons. The maximum atomic E-state index is 13.2. The second-order valence-corrected chi connectivity index (χ2v) is 8.76. The van der Waals surface area contributed by atoms with Crippen molar-refractivity contribution in [1.29, 1.82) is 0 Å². The molecule has 0 spiro atoms. The Hall–Kier alpha value is -1.65. The third kappa shape index (κ3) is 6.18. The monoisotopic (exact) mass is 386 g/mol. The molecule has 0 bridgehead atoms. The van der Waals surface area contributed by atoms with Gasteiger partial charge in [0.2, 0.25) is 0 Å². The van der Waals surface area contributed by atoms with E-state index in [1.165, 1.54) is 49.9 Å². The fraction of sp³-hybridized carbons (Fsp3) is 0.583. The van der Waals surface area contributed by atoms with Crippen LogP contribution in [0.3, 0.4) is 0 Å². The fourth-order valence-corrected chi connectivity index (χ4v) is 4.18. The molecule has 1 aliphatic rings. The summed E-state index contributed by atoms with van der Waals surface area (Å²) >= 11 is 0. The van der Waals surface area contributed by atoms with E-state index in [2.05, 4.69) is 41.6 Å². The molecule has 1 aromatic carbocycles. The third-order valence-corrected chi connectivity index (χ3v) is 6.03. The molecule has 154 valence electrons. The lowest BCUT2D eigenvalue weighted by Gasteiger charge is -2.32. The largest absolute Gasteiger partial charge is 0.392 e. The SMILES string of the molecule is CC(C)C(O)CN(Cc1cccn1Cc1ccc(F)cc1)CC1CCCCC1. The summed E-state index contributed by atoms with van der Waals surface area (Å²) in [7, 11) is 0. The van der Waals surface area contributed by atoms with Gasteiger partial charge in [0.25, 0.3) is 0 Å². The van der Waals surface area contributed by atoms with Crippen molar-refractivity contribution in [3.8, 4) is 0 Å². The van der Waals surface area contributed by atoms with Crippen molar-refractivity contribution >= 4 is 0 Å². The van der Waals surface area contributed by atoms with Gasteiger partial charge in [0.1, 0.15) is 5.82 Å². The van der Waals surface area contributed by atoms with Gasteiger partial charge in [-0.2, -0.15) is 0 Å². The Bertz CT molecular complexity index is 704. The van der Waals surface area contributed by atoms with Gasteiger partial charge >= 0.3 is 0 Å². The second kappa shape index (κ2) is 10.2. The average Bonchev–Trinajstić information content (AvgIpc) is 3.11. The Balaban J connectivity index is 1.68. The minimum absolute atomic E-state index is 0.196. The molecule has 3 rings (SSSR count). The molecule has 3 nitrogen and oxygen atoms in total. The van der Waals surface area contributed by atoms with Crippen molar-refractivity contribution in [2.75, 3.05) is 13.1 Å². The molecule has 1 heterocycles. The molecule has 0 aliphatic heterocycles. The quantitative estimate of drug-likeness (QED) is 0.651. The van der Waals surface area contributed by atoms with Crippen molar-refractivity contribution in [2.24, 2.45) is 11.8 Å². The Labute approximate surface area is 169 Å². The number of aliphatic hydroxyl groups is 1. The van der Waals surface area contributed by atoms with Gasteiger partial charge in [0, 0.05) is 38.1 Å². The number of halogens is 1. The molecule has 4 heteroatoms. The van der Waals surface area contributed by atoms with Crippen molar-refractivity contribution in [1.82, 2.24) is 9.47 Å². The molecular weight excluding hydrogens is 351 g/mol. The van der Waals surface area contributed by atoms with Crippen LogP contribution in [0, 0.1) is 17.7 Å². The summed E-state index contributed by atoms with van der Waals surface area (Å²) in [5.74, 6) is 0.811. The summed E-state index contributed by atoms with van der Waals surface area (Å²) in [4.78, 5) is 2.44. The molecule has 1 aliphatic carbocycles. The summed E-state index contributed by atoms with van der Waals surface area (Å²) < 4.78 is 15.4. The van der Waals surface area contributed by atoms with E-state index in [9.17, 15) is 9.50 Å². The van der Waals surface area contributed by atoms with Gasteiger partial charge in [-0.3, -0.25) is 4.90 Å². The van der Waals surface area contributed by atoms with Crippen molar-refractivity contribution in [3.63, 3.8) is 0 Å². The molecule has 1 N–H and O–H groups in total. The van der Waals surface area contributed by atoms with Crippen LogP contribution in [0.2, 0.25) is 0 Å². The van der Waals surface area contributed by atoms with E-state index in [0.29, 0.717) is 0 Å². The van der Waals surface area contributed by atoms with Crippen molar-refractivity contribution in [3.05, 3.63) is 59.7 Å². The first kappa shape index (κ1) is 21.1. The van der Waals surface area contributed by atoms with Crippen LogP contribution >= 0.6 is 0 Å². The maximum absolute atomic E-state index is 13.2. The van der Waals surface area contributed by atoms with E-state index in [0.717, 1.165) is 37.7 Å². The predicted molar refractivity (Wildman–Crippen MR) is 113 cm³/mol. The van der Waals surface area contributed by atoms with Gasteiger partial charge < -0.3 is 9.67 Å². The fourth-order valence-electron chi connectivity index (χ4n) is 4.18. The highest BCUT2D eigenvalue weighted by Crippen LogP contribution is 2.25. The molecular formula is C24H35FN2O. The standard InChI is InChI=1S/C24H35FN2O/c1-19(2)24(28)18-26(15-20-7-4-3-5-8-20)17-23-9-6-14-27(23)16-21-10-12-22(25)13-11-21/h6,9-14,19-20,24,28H,3-5,7-8,15-18H2,1-2H3. The van der Waals surface area contributed by atoms with Gasteiger partial charge in [0.15, 0.2) is 0 Å². The first-order valence-corrected chi connectivity index (χ1v) is 10.8. The smallest absolute Gasteiger partial charge is 0.123 e. The zero-order chi connectivity index (χ0) is 19.9. The van der Waals surface area contributed by atoms with E-state index >= 15 is 0 Å². The molecule has 0 amide bonds. The first-order chi connectivity index (χ1) is 13.5. The number of aromatic nitrogens is 1. The maximum Gasteiger partial charge on any atom is 0.123 e. The Morgan fingerprint density at radius 3 is 2.50 bits per heavy atom. The minimum atomic E-state index is -0.302. The number of rotatable bonds is 9. The Kier molecular flexibility index (Phi) is 7.69. The highest BCUT2D eigenvalue weighted by atomic mass is 19.1. The molecule has 28 heavy (non-hydrogen) atoms. The van der Waals surface area contributed by atoms with E-state index in [-0.39, 0.29) is 17.8 Å². The number of benzene rings is 1. The molecule has 0 saturated heterocycles. The van der Waals surface area contributed by atoms with Crippen LogP contribution in [0.4, 0.5) is 4.39 Å². The number of hydrogen-bond acceptors (Lipinski definition) is 2. The molecule has 1 saturated carbocycles. The second-order valence-electron chi connectivity index (χ2n) is 8.76. The molecule has 2 aromatic rings. The van der Waals surface area contributed by atoms with E-state index < -0.39 is 0 Å². The van der Waals surface area contributed by atoms with Crippen LogP contribution in [-0.4, -0.2) is 33.8 Å². The van der Waals surface area contributed by atoms with E-state index in [4.69, 9.17) is 0 Å². The van der Waals surface area contributed by atoms with Gasteiger partial charge in [-0.05, 0) is 54.5 Å². The lowest BCUT2D eigenvalue weighted by molar-refractivity contribution is 0.0616. The van der Waals surface area contributed by atoms with E-state index in [1.807, 2.05) is 12.1 Å². The lowest BCUT2D eigenvalue weighted by atomic mass is 9.88. The summed E-state index contributed by atoms with van der Waals surface area (Å²) in [6, 6.07) is 11.0. The van der Waals surface area contributed by atoms with E-state index in [1.54, 1.807) is 0 Å². The summed E-state index contributed by atoms with van der Waals surface area (Å²) in [6.07, 6.45) is 8.46. The lowest BCUT2D eigenvalue weighted by Crippen LogP contribution is -2.38. The molecule has 1 atom stereocenters. The molecule has 1 aromatic heterocycles.